The van der Waals surface area contributed by atoms with Crippen molar-refractivity contribution in [2.45, 2.75) is 38.1 Å². The number of ether oxygens (including phenoxy) is 1. The SMILES string of the molecule is COc1ccc(NC2(CCl)CCC(C)CC2)nc1. The molecule has 0 radical (unpaired) electrons. The van der Waals surface area contributed by atoms with Gasteiger partial charge < -0.3 is 10.1 Å². The fourth-order valence-corrected chi connectivity index (χ4v) is 2.79. The normalized spacial score (nSPS) is 27.8. The Labute approximate surface area is 114 Å². The maximum absolute atomic E-state index is 6.18. The summed E-state index contributed by atoms with van der Waals surface area (Å²) in [5.74, 6) is 3.10. The highest BCUT2D eigenvalue weighted by atomic mass is 35.5. The minimum atomic E-state index is 0.00958. The summed E-state index contributed by atoms with van der Waals surface area (Å²) in [6, 6.07) is 3.87. The number of pyridine rings is 1. The van der Waals surface area contributed by atoms with Gasteiger partial charge in [-0.15, -0.1) is 11.6 Å². The zero-order valence-corrected chi connectivity index (χ0v) is 11.8. The lowest BCUT2D eigenvalue weighted by atomic mass is 9.78. The molecule has 1 N–H and O–H groups in total. The second-order valence-electron chi connectivity index (χ2n) is 5.30. The number of rotatable bonds is 4. The lowest BCUT2D eigenvalue weighted by Gasteiger charge is -2.39. The molecule has 0 aliphatic heterocycles. The minimum Gasteiger partial charge on any atom is -0.495 e. The van der Waals surface area contributed by atoms with Gasteiger partial charge >= 0.3 is 0 Å². The largest absolute Gasteiger partial charge is 0.495 e. The van der Waals surface area contributed by atoms with Gasteiger partial charge in [0, 0.05) is 5.88 Å². The van der Waals surface area contributed by atoms with E-state index in [-0.39, 0.29) is 5.54 Å². The molecule has 3 nitrogen and oxygen atoms in total. The van der Waals surface area contributed by atoms with Gasteiger partial charge in [-0.2, -0.15) is 0 Å². The molecule has 1 saturated carbocycles. The Bertz CT molecular complexity index is 372. The molecule has 0 bridgehead atoms. The fraction of sp³-hybridized carbons (Fsp3) is 0.643. The molecule has 0 spiro atoms. The summed E-state index contributed by atoms with van der Waals surface area (Å²) < 4.78 is 5.11. The highest BCUT2D eigenvalue weighted by molar-refractivity contribution is 6.18. The molecule has 4 heteroatoms. The van der Waals surface area contributed by atoms with E-state index in [0.29, 0.717) is 5.88 Å². The second-order valence-corrected chi connectivity index (χ2v) is 5.57. The van der Waals surface area contributed by atoms with Crippen molar-refractivity contribution in [3.63, 3.8) is 0 Å². The number of nitrogens with one attached hydrogen (secondary N) is 1. The number of methoxy groups -OCH3 is 1. The van der Waals surface area contributed by atoms with E-state index in [2.05, 4.69) is 17.2 Å². The molecular formula is C14H21ClN2O. The van der Waals surface area contributed by atoms with Gasteiger partial charge in [0.1, 0.15) is 11.6 Å². The predicted octanol–water partition coefficient (Wildman–Crippen LogP) is 3.69. The van der Waals surface area contributed by atoms with Crippen LogP contribution in [0.1, 0.15) is 32.6 Å². The Hall–Kier alpha value is -0.960. The maximum atomic E-state index is 6.18. The zero-order valence-electron chi connectivity index (χ0n) is 11.1. The van der Waals surface area contributed by atoms with Crippen molar-refractivity contribution in [2.24, 2.45) is 5.92 Å². The Morgan fingerprint density at radius 1 is 1.44 bits per heavy atom. The average Bonchev–Trinajstić information content (AvgIpc) is 2.43. The molecule has 2 rings (SSSR count). The fourth-order valence-electron chi connectivity index (χ4n) is 2.45. The number of alkyl halides is 1. The number of hydrogen-bond donors (Lipinski definition) is 1. The molecule has 1 aromatic heterocycles. The molecule has 0 aromatic carbocycles. The molecule has 18 heavy (non-hydrogen) atoms. The first-order chi connectivity index (χ1) is 8.67. The molecule has 0 unspecified atom stereocenters. The molecule has 1 aliphatic carbocycles. The van der Waals surface area contributed by atoms with Crippen molar-refractivity contribution in [3.8, 4) is 5.75 Å². The number of halogens is 1. The summed E-state index contributed by atoms with van der Waals surface area (Å²) in [4.78, 5) is 4.36. The van der Waals surface area contributed by atoms with Crippen LogP contribution in [0, 0.1) is 5.92 Å². The van der Waals surface area contributed by atoms with E-state index in [1.54, 1.807) is 13.3 Å². The molecule has 100 valence electrons. The van der Waals surface area contributed by atoms with Crippen LogP contribution >= 0.6 is 11.6 Å². The topological polar surface area (TPSA) is 34.1 Å². The quantitative estimate of drug-likeness (QED) is 0.846. The van der Waals surface area contributed by atoms with E-state index < -0.39 is 0 Å². The van der Waals surface area contributed by atoms with E-state index >= 15 is 0 Å². The van der Waals surface area contributed by atoms with Crippen LogP contribution < -0.4 is 10.1 Å². The van der Waals surface area contributed by atoms with Crippen molar-refractivity contribution in [1.29, 1.82) is 0 Å². The van der Waals surface area contributed by atoms with Crippen LogP contribution in [0.4, 0.5) is 5.82 Å². The highest BCUT2D eigenvalue weighted by Gasteiger charge is 2.33. The van der Waals surface area contributed by atoms with Gasteiger partial charge in [0.05, 0.1) is 18.8 Å². The van der Waals surface area contributed by atoms with Crippen molar-refractivity contribution in [3.05, 3.63) is 18.3 Å². The molecule has 1 fully saturated rings. The van der Waals surface area contributed by atoms with E-state index in [1.807, 2.05) is 12.1 Å². The van der Waals surface area contributed by atoms with Gasteiger partial charge in [0.25, 0.3) is 0 Å². The van der Waals surface area contributed by atoms with Crippen molar-refractivity contribution in [2.75, 3.05) is 18.3 Å². The van der Waals surface area contributed by atoms with E-state index in [9.17, 15) is 0 Å². The Balaban J connectivity index is 2.05. The molecule has 0 atom stereocenters. The summed E-state index contributed by atoms with van der Waals surface area (Å²) >= 11 is 6.18. The summed E-state index contributed by atoms with van der Waals surface area (Å²) in [7, 11) is 1.65. The summed E-state index contributed by atoms with van der Waals surface area (Å²) in [6.07, 6.45) is 6.43. The van der Waals surface area contributed by atoms with Gasteiger partial charge in [0.2, 0.25) is 0 Å². The van der Waals surface area contributed by atoms with Crippen molar-refractivity contribution >= 4 is 17.4 Å². The molecule has 0 saturated heterocycles. The number of anilines is 1. The van der Waals surface area contributed by atoms with Crippen LogP contribution in [0.3, 0.4) is 0 Å². The van der Waals surface area contributed by atoms with Crippen LogP contribution in [0.25, 0.3) is 0 Å². The first-order valence-electron chi connectivity index (χ1n) is 6.52. The zero-order chi connectivity index (χ0) is 13.0. The molecule has 1 aliphatic rings. The minimum absolute atomic E-state index is 0.00958. The lowest BCUT2D eigenvalue weighted by molar-refractivity contribution is 0.286. The maximum Gasteiger partial charge on any atom is 0.137 e. The first kappa shape index (κ1) is 13.5. The number of hydrogen-bond acceptors (Lipinski definition) is 3. The Kier molecular flexibility index (Phi) is 4.33. The van der Waals surface area contributed by atoms with Gasteiger partial charge in [0.15, 0.2) is 0 Å². The van der Waals surface area contributed by atoms with Crippen molar-refractivity contribution < 1.29 is 4.74 Å². The van der Waals surface area contributed by atoms with Crippen LogP contribution in [0.5, 0.6) is 5.75 Å². The first-order valence-corrected chi connectivity index (χ1v) is 7.05. The van der Waals surface area contributed by atoms with Crippen molar-refractivity contribution in [1.82, 2.24) is 4.98 Å². The number of aromatic nitrogens is 1. The molecule has 1 aromatic rings. The van der Waals surface area contributed by atoms with Gasteiger partial charge in [-0.25, -0.2) is 4.98 Å². The third-order valence-corrected chi connectivity index (χ3v) is 4.36. The van der Waals surface area contributed by atoms with Gasteiger partial charge in [-0.3, -0.25) is 0 Å². The molecule has 1 heterocycles. The highest BCUT2D eigenvalue weighted by Crippen LogP contribution is 2.35. The third kappa shape index (κ3) is 3.08. The standard InChI is InChI=1S/C14H21ClN2O/c1-11-5-7-14(10-15,8-6-11)17-13-4-3-12(18-2)9-16-13/h3-4,9,11H,5-8,10H2,1-2H3,(H,16,17). The number of nitrogens with zero attached hydrogens (tertiary/aromatic N) is 1. The summed E-state index contributed by atoms with van der Waals surface area (Å²) in [5, 5.41) is 3.52. The average molecular weight is 269 g/mol. The smallest absolute Gasteiger partial charge is 0.137 e. The van der Waals surface area contributed by atoms with E-state index in [0.717, 1.165) is 30.3 Å². The summed E-state index contributed by atoms with van der Waals surface area (Å²) in [5.41, 5.74) is 0.00958. The van der Waals surface area contributed by atoms with Crippen LogP contribution in [-0.2, 0) is 0 Å². The van der Waals surface area contributed by atoms with Gasteiger partial charge in [-0.05, 0) is 43.7 Å². The van der Waals surface area contributed by atoms with E-state index in [4.69, 9.17) is 16.3 Å². The predicted molar refractivity (Wildman–Crippen MR) is 75.5 cm³/mol. The Morgan fingerprint density at radius 2 is 2.17 bits per heavy atom. The monoisotopic (exact) mass is 268 g/mol. The Morgan fingerprint density at radius 3 is 2.67 bits per heavy atom. The van der Waals surface area contributed by atoms with Gasteiger partial charge in [-0.1, -0.05) is 6.92 Å². The molecule has 0 amide bonds. The molecular weight excluding hydrogens is 248 g/mol. The van der Waals surface area contributed by atoms with Crippen LogP contribution in [-0.4, -0.2) is 23.5 Å². The third-order valence-electron chi connectivity index (χ3n) is 3.85. The second kappa shape index (κ2) is 5.79. The summed E-state index contributed by atoms with van der Waals surface area (Å²) in [6.45, 7) is 2.31. The van der Waals surface area contributed by atoms with Crippen LogP contribution in [0.2, 0.25) is 0 Å². The van der Waals surface area contributed by atoms with E-state index in [1.165, 1.54) is 12.8 Å². The van der Waals surface area contributed by atoms with Crippen LogP contribution in [0.15, 0.2) is 18.3 Å². The lowest BCUT2D eigenvalue weighted by Crippen LogP contribution is -2.43.